The minimum Gasteiger partial charge on any atom is -0.352 e. The van der Waals surface area contributed by atoms with Gasteiger partial charge >= 0.3 is 0 Å². The molecular weight excluding hydrogens is 413 g/mol. The number of hydrogen-bond acceptors (Lipinski definition) is 2. The van der Waals surface area contributed by atoms with Crippen LogP contribution in [0.25, 0.3) is 11.0 Å². The maximum Gasteiger partial charge on any atom is 0.251 e. The van der Waals surface area contributed by atoms with Gasteiger partial charge in [0.15, 0.2) is 0 Å². The Morgan fingerprint density at radius 1 is 0.970 bits per heavy atom. The Morgan fingerprint density at radius 3 is 2.36 bits per heavy atom. The molecule has 0 aliphatic heterocycles. The number of aromatic nitrogens is 2. The van der Waals surface area contributed by atoms with Gasteiger partial charge in [0.25, 0.3) is 5.91 Å². The van der Waals surface area contributed by atoms with Gasteiger partial charge in [-0.15, -0.1) is 0 Å². The number of carbonyl (C=O) groups is 1. The van der Waals surface area contributed by atoms with Gasteiger partial charge in [-0.1, -0.05) is 57.2 Å². The topological polar surface area (TPSA) is 46.9 Å². The van der Waals surface area contributed by atoms with Crippen molar-refractivity contribution in [3.63, 3.8) is 0 Å². The number of hydrogen-bond donors (Lipinski definition) is 1. The molecule has 0 spiro atoms. The first kappa shape index (κ1) is 22.7. The zero-order chi connectivity index (χ0) is 23.4. The summed E-state index contributed by atoms with van der Waals surface area (Å²) in [4.78, 5) is 17.1. The first-order valence-corrected chi connectivity index (χ1v) is 11.4. The molecule has 0 fully saturated rings. The molecule has 1 heterocycles. The third kappa shape index (κ3) is 5.48. The lowest BCUT2D eigenvalue weighted by Crippen LogP contribution is -2.25. The molecule has 4 rings (SSSR count). The van der Waals surface area contributed by atoms with Gasteiger partial charge in [0, 0.05) is 25.1 Å². The van der Waals surface area contributed by atoms with Gasteiger partial charge in [0.2, 0.25) is 0 Å². The van der Waals surface area contributed by atoms with Crippen molar-refractivity contribution in [2.45, 2.75) is 45.6 Å². The molecule has 0 aliphatic carbocycles. The molecule has 0 aliphatic rings. The zero-order valence-electron chi connectivity index (χ0n) is 19.4. The Kier molecular flexibility index (Phi) is 6.59. The molecule has 1 amide bonds. The predicted octanol–water partition coefficient (Wildman–Crippen LogP) is 5.88. The van der Waals surface area contributed by atoms with Gasteiger partial charge in [-0.2, -0.15) is 0 Å². The van der Waals surface area contributed by atoms with E-state index in [2.05, 4.69) is 61.0 Å². The molecule has 3 aromatic carbocycles. The lowest BCUT2D eigenvalue weighted by molar-refractivity contribution is 0.0953. The minimum absolute atomic E-state index is 0.129. The van der Waals surface area contributed by atoms with Crippen LogP contribution in [0.15, 0.2) is 72.8 Å². The van der Waals surface area contributed by atoms with E-state index < -0.39 is 0 Å². The molecule has 5 heteroatoms. The smallest absolute Gasteiger partial charge is 0.251 e. The van der Waals surface area contributed by atoms with Gasteiger partial charge in [0.1, 0.15) is 11.6 Å². The van der Waals surface area contributed by atoms with Crippen LogP contribution in [-0.2, 0) is 18.4 Å². The van der Waals surface area contributed by atoms with Crippen LogP contribution < -0.4 is 5.32 Å². The van der Waals surface area contributed by atoms with Crippen LogP contribution in [0.1, 0.15) is 54.5 Å². The fourth-order valence-corrected chi connectivity index (χ4v) is 3.94. The summed E-state index contributed by atoms with van der Waals surface area (Å²) in [5.41, 5.74) is 5.24. The number of nitrogens with zero attached hydrogens (tertiary/aromatic N) is 2. The summed E-state index contributed by atoms with van der Waals surface area (Å²) in [5, 5.41) is 2.91. The molecule has 0 bridgehead atoms. The van der Waals surface area contributed by atoms with Crippen molar-refractivity contribution in [2.75, 3.05) is 6.54 Å². The van der Waals surface area contributed by atoms with Gasteiger partial charge in [-0.05, 0) is 59.4 Å². The van der Waals surface area contributed by atoms with E-state index in [1.807, 2.05) is 18.2 Å². The van der Waals surface area contributed by atoms with Crippen LogP contribution in [0.5, 0.6) is 0 Å². The molecule has 1 N–H and O–H groups in total. The van der Waals surface area contributed by atoms with Crippen LogP contribution in [0.3, 0.4) is 0 Å². The van der Waals surface area contributed by atoms with Crippen molar-refractivity contribution in [1.82, 2.24) is 14.9 Å². The number of carbonyl (C=O) groups excluding carboxylic acids is 1. The summed E-state index contributed by atoms with van der Waals surface area (Å²) in [5.74, 6) is 0.466. The minimum atomic E-state index is -0.349. The lowest BCUT2D eigenvalue weighted by Gasteiger charge is -2.19. The van der Waals surface area contributed by atoms with Crippen molar-refractivity contribution in [3.8, 4) is 0 Å². The van der Waals surface area contributed by atoms with Gasteiger partial charge in [0.05, 0.1) is 11.0 Å². The largest absolute Gasteiger partial charge is 0.352 e. The zero-order valence-corrected chi connectivity index (χ0v) is 19.4. The maximum atomic E-state index is 13.1. The number of aryl methyl sites for hydroxylation is 1. The number of benzene rings is 3. The first-order chi connectivity index (χ1) is 15.8. The van der Waals surface area contributed by atoms with Crippen LogP contribution in [-0.4, -0.2) is 22.0 Å². The summed E-state index contributed by atoms with van der Waals surface area (Å²) >= 11 is 0. The highest BCUT2D eigenvalue weighted by molar-refractivity contribution is 5.94. The Balaban J connectivity index is 1.45. The molecule has 4 aromatic rings. The number of amides is 1. The van der Waals surface area contributed by atoms with Crippen molar-refractivity contribution in [3.05, 3.63) is 101 Å². The van der Waals surface area contributed by atoms with Crippen LogP contribution in [0.4, 0.5) is 4.39 Å². The van der Waals surface area contributed by atoms with E-state index in [0.29, 0.717) is 12.1 Å². The Labute approximate surface area is 194 Å². The number of fused-ring (bicyclic) bond motifs is 1. The standard InChI is InChI=1S/C28H30FN3O/c1-28(2,3)22-14-10-20(11-15-22)19-32-25-8-5-4-7-24(25)31-26(32)9-6-18-30-27(33)21-12-16-23(29)17-13-21/h4-5,7-8,10-17H,6,9,18-19H2,1-3H3,(H,30,33). The van der Waals surface area contributed by atoms with E-state index in [9.17, 15) is 9.18 Å². The van der Waals surface area contributed by atoms with Crippen molar-refractivity contribution >= 4 is 16.9 Å². The normalized spacial score (nSPS) is 11.6. The van der Waals surface area contributed by atoms with Crippen molar-refractivity contribution in [1.29, 1.82) is 0 Å². The Bertz CT molecular complexity index is 1240. The third-order valence-electron chi connectivity index (χ3n) is 5.86. The molecule has 0 saturated heterocycles. The summed E-state index contributed by atoms with van der Waals surface area (Å²) in [6.07, 6.45) is 1.51. The quantitative estimate of drug-likeness (QED) is 0.362. The number of rotatable bonds is 7. The number of para-hydroxylation sites is 2. The van der Waals surface area contributed by atoms with Crippen LogP contribution in [0, 0.1) is 5.82 Å². The van der Waals surface area contributed by atoms with E-state index >= 15 is 0 Å². The van der Waals surface area contributed by atoms with E-state index in [1.54, 1.807) is 0 Å². The molecule has 33 heavy (non-hydrogen) atoms. The molecular formula is C28H30FN3O. The summed E-state index contributed by atoms with van der Waals surface area (Å²) < 4.78 is 15.3. The average Bonchev–Trinajstić information content (AvgIpc) is 3.14. The molecule has 4 nitrogen and oxygen atoms in total. The van der Waals surface area contributed by atoms with Crippen LogP contribution in [0.2, 0.25) is 0 Å². The van der Waals surface area contributed by atoms with Gasteiger partial charge < -0.3 is 9.88 Å². The fourth-order valence-electron chi connectivity index (χ4n) is 3.94. The highest BCUT2D eigenvalue weighted by Crippen LogP contribution is 2.24. The first-order valence-electron chi connectivity index (χ1n) is 11.4. The molecule has 1 aromatic heterocycles. The molecule has 0 atom stereocenters. The van der Waals surface area contributed by atoms with E-state index in [-0.39, 0.29) is 17.1 Å². The summed E-state index contributed by atoms with van der Waals surface area (Å²) in [6.45, 7) is 7.94. The van der Waals surface area contributed by atoms with E-state index in [1.165, 1.54) is 35.4 Å². The SMILES string of the molecule is CC(C)(C)c1ccc(Cn2c(CCCNC(=O)c3ccc(F)cc3)nc3ccccc32)cc1. The number of halogens is 1. The maximum absolute atomic E-state index is 13.1. The van der Waals surface area contributed by atoms with Gasteiger partial charge in [-0.25, -0.2) is 9.37 Å². The number of imidazole rings is 1. The third-order valence-corrected chi connectivity index (χ3v) is 5.86. The van der Waals surface area contributed by atoms with Gasteiger partial charge in [-0.3, -0.25) is 4.79 Å². The summed E-state index contributed by atoms with van der Waals surface area (Å²) in [7, 11) is 0. The monoisotopic (exact) mass is 443 g/mol. The van der Waals surface area contributed by atoms with E-state index in [0.717, 1.165) is 36.2 Å². The summed E-state index contributed by atoms with van der Waals surface area (Å²) in [6, 6.07) is 22.6. The van der Waals surface area contributed by atoms with E-state index in [4.69, 9.17) is 4.98 Å². The Morgan fingerprint density at radius 2 is 1.67 bits per heavy atom. The van der Waals surface area contributed by atoms with Crippen LogP contribution >= 0.6 is 0 Å². The highest BCUT2D eigenvalue weighted by atomic mass is 19.1. The predicted molar refractivity (Wildman–Crippen MR) is 131 cm³/mol. The lowest BCUT2D eigenvalue weighted by atomic mass is 9.87. The Hall–Kier alpha value is -3.47. The second-order valence-corrected chi connectivity index (χ2v) is 9.42. The number of nitrogens with one attached hydrogen (secondary N) is 1. The molecule has 0 radical (unpaired) electrons. The second-order valence-electron chi connectivity index (χ2n) is 9.42. The second kappa shape index (κ2) is 9.57. The highest BCUT2D eigenvalue weighted by Gasteiger charge is 2.14. The average molecular weight is 444 g/mol. The molecule has 0 saturated carbocycles. The van der Waals surface area contributed by atoms with Crippen molar-refractivity contribution < 1.29 is 9.18 Å². The fraction of sp³-hybridized carbons (Fsp3) is 0.286. The van der Waals surface area contributed by atoms with Crippen molar-refractivity contribution in [2.24, 2.45) is 0 Å². The molecule has 170 valence electrons. The molecule has 0 unspecified atom stereocenters.